The van der Waals surface area contributed by atoms with Crippen LogP contribution in [0.2, 0.25) is 5.04 Å². The van der Waals surface area contributed by atoms with Crippen molar-refractivity contribution in [3.8, 4) is 0 Å². The molecule has 40 heavy (non-hydrogen) atoms. The van der Waals surface area contributed by atoms with Crippen LogP contribution in [0, 0.1) is 16.7 Å². The van der Waals surface area contributed by atoms with Crippen molar-refractivity contribution in [2.24, 2.45) is 16.7 Å². The van der Waals surface area contributed by atoms with Crippen molar-refractivity contribution in [2.75, 3.05) is 6.61 Å². The molecule has 0 bridgehead atoms. The number of ether oxygens (including phenoxy) is 1. The lowest BCUT2D eigenvalue weighted by molar-refractivity contribution is -0.161. The number of cyclic esters (lactones) is 1. The molecule has 0 amide bonds. The molecule has 3 aliphatic rings. The number of hydrogen-bond acceptors (Lipinski definition) is 3. The van der Waals surface area contributed by atoms with Crippen LogP contribution < -0.4 is 10.4 Å². The zero-order valence-electron chi connectivity index (χ0n) is 25.7. The fourth-order valence-corrected chi connectivity index (χ4v) is 12.5. The van der Waals surface area contributed by atoms with Crippen LogP contribution >= 0.6 is 0 Å². The Balaban J connectivity index is 1.41. The average Bonchev–Trinajstić information content (AvgIpc) is 3.28. The third-order valence-electron chi connectivity index (χ3n) is 10.1. The minimum absolute atomic E-state index is 0.0491. The van der Waals surface area contributed by atoms with Crippen LogP contribution in [-0.4, -0.2) is 27.0 Å². The highest BCUT2D eigenvalue weighted by molar-refractivity contribution is 6.99. The van der Waals surface area contributed by atoms with Crippen LogP contribution in [0.15, 0.2) is 83.5 Å². The molecule has 0 saturated carbocycles. The largest absolute Gasteiger partial charge is 0.461 e. The van der Waals surface area contributed by atoms with Crippen LogP contribution in [0.4, 0.5) is 0 Å². The molecule has 1 heterocycles. The van der Waals surface area contributed by atoms with E-state index in [1.165, 1.54) is 27.1 Å². The van der Waals surface area contributed by atoms with Crippen LogP contribution in [0.25, 0.3) is 0 Å². The second kappa shape index (κ2) is 10.8. The molecule has 1 fully saturated rings. The maximum absolute atomic E-state index is 13.0. The van der Waals surface area contributed by atoms with E-state index in [-0.39, 0.29) is 27.9 Å². The maximum Gasteiger partial charge on any atom is 0.310 e. The Morgan fingerprint density at radius 1 is 0.975 bits per heavy atom. The van der Waals surface area contributed by atoms with Crippen molar-refractivity contribution < 1.29 is 14.0 Å². The Labute approximate surface area is 243 Å². The summed E-state index contributed by atoms with van der Waals surface area (Å²) in [6, 6.07) is 21.7. The smallest absolute Gasteiger partial charge is 0.310 e. The molecule has 4 heteroatoms. The molecule has 0 spiro atoms. The molecule has 0 aromatic heterocycles. The van der Waals surface area contributed by atoms with Gasteiger partial charge in [0.05, 0.1) is 6.42 Å². The Morgan fingerprint density at radius 2 is 1.57 bits per heavy atom. The first-order valence-electron chi connectivity index (χ1n) is 15.3. The fourth-order valence-electron chi connectivity index (χ4n) is 7.90. The number of hydrogen-bond donors (Lipinski definition) is 0. The third-order valence-corrected chi connectivity index (χ3v) is 15.2. The van der Waals surface area contributed by atoms with Crippen molar-refractivity contribution in [2.45, 2.75) is 98.1 Å². The number of carbonyl (C=O) groups is 1. The van der Waals surface area contributed by atoms with Crippen molar-refractivity contribution in [1.82, 2.24) is 0 Å². The standard InChI is InChI=1S/C36H48O3Si/c1-26(2)29-20-21-35(6)22-23-36(7)30(33(29)35)25-32(37)39-31(36)19-14-24-38-40(34(3,4)5,27-15-10-8-11-16-27)28-17-12-9-13-18-28/h8-13,15-18,20,26,31H,14,19,21-25H2,1-7H3/t31-,35+,36+/m0/s1. The molecular weight excluding hydrogens is 508 g/mol. The molecule has 0 radical (unpaired) electrons. The van der Waals surface area contributed by atoms with Gasteiger partial charge in [0.1, 0.15) is 6.10 Å². The fraction of sp³-hybridized carbons (Fsp3) is 0.528. The van der Waals surface area contributed by atoms with E-state index in [4.69, 9.17) is 9.16 Å². The molecule has 2 aromatic rings. The minimum atomic E-state index is -2.58. The summed E-state index contributed by atoms with van der Waals surface area (Å²) in [7, 11) is -2.58. The molecule has 0 unspecified atom stereocenters. The first-order chi connectivity index (χ1) is 18.9. The Kier molecular flexibility index (Phi) is 7.82. The second-order valence-electron chi connectivity index (χ2n) is 14.2. The number of carbonyl (C=O) groups excluding carboxylic acids is 1. The van der Waals surface area contributed by atoms with E-state index in [2.05, 4.69) is 115 Å². The van der Waals surface area contributed by atoms with Gasteiger partial charge in [-0.3, -0.25) is 4.79 Å². The Hall–Kier alpha value is -2.43. The summed E-state index contributed by atoms with van der Waals surface area (Å²) in [5, 5.41) is 2.56. The topological polar surface area (TPSA) is 35.5 Å². The van der Waals surface area contributed by atoms with Gasteiger partial charge in [-0.25, -0.2) is 0 Å². The molecule has 1 aliphatic heterocycles. The van der Waals surface area contributed by atoms with E-state index in [1.807, 2.05) is 0 Å². The summed E-state index contributed by atoms with van der Waals surface area (Å²) >= 11 is 0. The summed E-state index contributed by atoms with van der Waals surface area (Å²) in [5.74, 6) is 0.417. The Bertz CT molecular complexity index is 1250. The highest BCUT2D eigenvalue weighted by Crippen LogP contribution is 2.61. The van der Waals surface area contributed by atoms with Crippen molar-refractivity contribution in [1.29, 1.82) is 0 Å². The molecular formula is C36H48O3Si. The molecule has 0 N–H and O–H groups in total. The normalized spacial score (nSPS) is 26.9. The van der Waals surface area contributed by atoms with Gasteiger partial charge >= 0.3 is 5.97 Å². The van der Waals surface area contributed by atoms with E-state index < -0.39 is 8.32 Å². The van der Waals surface area contributed by atoms with Gasteiger partial charge < -0.3 is 9.16 Å². The summed E-state index contributed by atoms with van der Waals surface area (Å²) < 4.78 is 13.3. The van der Waals surface area contributed by atoms with Crippen molar-refractivity contribution in [3.63, 3.8) is 0 Å². The van der Waals surface area contributed by atoms with Gasteiger partial charge in [-0.2, -0.15) is 0 Å². The van der Waals surface area contributed by atoms with Gasteiger partial charge in [0.25, 0.3) is 8.32 Å². The lowest BCUT2D eigenvalue weighted by Gasteiger charge is -2.51. The zero-order valence-corrected chi connectivity index (χ0v) is 26.7. The van der Waals surface area contributed by atoms with E-state index >= 15 is 0 Å². The zero-order chi connectivity index (χ0) is 28.8. The molecule has 214 valence electrons. The van der Waals surface area contributed by atoms with Gasteiger partial charge in [0.15, 0.2) is 0 Å². The van der Waals surface area contributed by atoms with Gasteiger partial charge in [0.2, 0.25) is 0 Å². The van der Waals surface area contributed by atoms with Crippen LogP contribution in [0.1, 0.15) is 87.0 Å². The molecule has 3 atom stereocenters. The first-order valence-corrected chi connectivity index (χ1v) is 17.2. The van der Waals surface area contributed by atoms with Gasteiger partial charge in [-0.05, 0) is 75.6 Å². The Morgan fingerprint density at radius 3 is 2.12 bits per heavy atom. The predicted octanol–water partition coefficient (Wildman–Crippen LogP) is 7.75. The molecule has 1 saturated heterocycles. The molecule has 2 aromatic carbocycles. The van der Waals surface area contributed by atoms with E-state index in [0.717, 1.165) is 32.1 Å². The summed E-state index contributed by atoms with van der Waals surface area (Å²) in [4.78, 5) is 13.0. The van der Waals surface area contributed by atoms with Crippen LogP contribution in [-0.2, 0) is 14.0 Å². The lowest BCUT2D eigenvalue weighted by atomic mass is 9.57. The van der Waals surface area contributed by atoms with Gasteiger partial charge in [0, 0.05) is 12.0 Å². The average molecular weight is 557 g/mol. The minimum Gasteiger partial charge on any atom is -0.461 e. The van der Waals surface area contributed by atoms with Gasteiger partial charge in [-0.15, -0.1) is 0 Å². The summed E-state index contributed by atoms with van der Waals surface area (Å²) in [6.45, 7) is 17.0. The van der Waals surface area contributed by atoms with Crippen molar-refractivity contribution >= 4 is 24.7 Å². The number of benzene rings is 2. The third kappa shape index (κ3) is 4.85. The highest BCUT2D eigenvalue weighted by Gasteiger charge is 2.54. The second-order valence-corrected chi connectivity index (χ2v) is 18.5. The van der Waals surface area contributed by atoms with E-state index in [1.54, 1.807) is 0 Å². The predicted molar refractivity (Wildman–Crippen MR) is 167 cm³/mol. The van der Waals surface area contributed by atoms with Crippen LogP contribution in [0.5, 0.6) is 0 Å². The molecule has 5 rings (SSSR count). The van der Waals surface area contributed by atoms with E-state index in [9.17, 15) is 4.79 Å². The van der Waals surface area contributed by atoms with Crippen LogP contribution in [0.3, 0.4) is 0 Å². The van der Waals surface area contributed by atoms with Gasteiger partial charge in [-0.1, -0.05) is 115 Å². The van der Waals surface area contributed by atoms with Crippen molar-refractivity contribution in [3.05, 3.63) is 83.5 Å². The number of allylic oxidation sites excluding steroid dienone is 3. The summed E-state index contributed by atoms with van der Waals surface area (Å²) in [5.41, 5.74) is 4.39. The molecule has 2 aliphatic carbocycles. The lowest BCUT2D eigenvalue weighted by Crippen LogP contribution is -2.66. The quantitative estimate of drug-likeness (QED) is 0.189. The first kappa shape index (κ1) is 29.1. The van der Waals surface area contributed by atoms with E-state index in [0.29, 0.717) is 18.9 Å². The SMILES string of the molecule is CC(C)C1=CC[C@]2(C)CC[C@]3(C)C(=C12)CC(=O)O[C@H]3CCCO[Si](c1ccccc1)(c1ccccc1)C(C)(C)C. The molecule has 3 nitrogen and oxygen atoms in total. The number of esters is 1. The number of rotatable bonds is 8. The maximum atomic E-state index is 13.0. The summed E-state index contributed by atoms with van der Waals surface area (Å²) in [6.07, 6.45) is 7.82. The number of fused-ring (bicyclic) bond motifs is 2. The monoisotopic (exact) mass is 556 g/mol. The highest BCUT2D eigenvalue weighted by atomic mass is 28.4.